The Morgan fingerprint density at radius 2 is 1.83 bits per heavy atom. The van der Waals surface area contributed by atoms with Gasteiger partial charge in [0, 0.05) is 0 Å². The first-order valence-electron chi connectivity index (χ1n) is 5.43. The number of ether oxygens (including phenoxy) is 3. The molecular weight excluding hydrogens is 240 g/mol. The largest absolute Gasteiger partial charge is 0.475 e. The number of hydrogen-bond donors (Lipinski definition) is 1. The van der Waals surface area contributed by atoms with E-state index in [2.05, 4.69) is 0 Å². The van der Waals surface area contributed by atoms with Crippen molar-refractivity contribution in [2.45, 2.75) is 19.1 Å². The molecule has 96 valence electrons. The molecule has 1 aromatic rings. The third-order valence-corrected chi connectivity index (χ3v) is 2.41. The van der Waals surface area contributed by atoms with Gasteiger partial charge in [0.2, 0.25) is 0 Å². The molecule has 1 aliphatic rings. The number of carbonyl (C=O) groups is 2. The van der Waals surface area contributed by atoms with Crippen LogP contribution in [0.2, 0.25) is 0 Å². The number of rotatable bonds is 4. The second-order valence-corrected chi connectivity index (χ2v) is 3.69. The SMILES string of the molecule is CCOC(=O)CC1(C(=O)O)Oc2ccccc2O1. The maximum atomic E-state index is 11.4. The summed E-state index contributed by atoms with van der Waals surface area (Å²) in [4.78, 5) is 22.7. The van der Waals surface area contributed by atoms with E-state index in [1.165, 1.54) is 0 Å². The molecule has 1 aromatic carbocycles. The van der Waals surface area contributed by atoms with E-state index in [9.17, 15) is 14.7 Å². The number of para-hydroxylation sites is 2. The molecule has 0 aliphatic carbocycles. The van der Waals surface area contributed by atoms with Crippen LogP contribution in [-0.4, -0.2) is 29.4 Å². The van der Waals surface area contributed by atoms with E-state index in [1.54, 1.807) is 31.2 Å². The second-order valence-electron chi connectivity index (χ2n) is 3.69. The second kappa shape index (κ2) is 4.56. The van der Waals surface area contributed by atoms with E-state index in [0.717, 1.165) is 0 Å². The van der Waals surface area contributed by atoms with E-state index in [0.29, 0.717) is 11.5 Å². The lowest BCUT2D eigenvalue weighted by atomic mass is 10.2. The van der Waals surface area contributed by atoms with Crippen LogP contribution in [0, 0.1) is 0 Å². The molecule has 6 nitrogen and oxygen atoms in total. The number of fused-ring (bicyclic) bond motifs is 1. The molecule has 1 N–H and O–H groups in total. The van der Waals surface area contributed by atoms with Crippen molar-refractivity contribution in [1.82, 2.24) is 0 Å². The average Bonchev–Trinajstić information content (AvgIpc) is 2.68. The molecule has 1 heterocycles. The van der Waals surface area contributed by atoms with Crippen molar-refractivity contribution in [1.29, 1.82) is 0 Å². The van der Waals surface area contributed by atoms with Gasteiger partial charge in [0.25, 0.3) is 0 Å². The van der Waals surface area contributed by atoms with Gasteiger partial charge in [0.05, 0.1) is 6.61 Å². The molecule has 0 aromatic heterocycles. The summed E-state index contributed by atoms with van der Waals surface area (Å²) in [5, 5.41) is 9.20. The van der Waals surface area contributed by atoms with E-state index in [4.69, 9.17) is 14.2 Å². The zero-order valence-electron chi connectivity index (χ0n) is 9.71. The molecule has 0 amide bonds. The number of aliphatic carboxylic acids is 1. The van der Waals surface area contributed by atoms with E-state index < -0.39 is 24.1 Å². The third kappa shape index (κ3) is 2.09. The highest BCUT2D eigenvalue weighted by Crippen LogP contribution is 2.40. The summed E-state index contributed by atoms with van der Waals surface area (Å²) < 4.78 is 15.2. The summed E-state index contributed by atoms with van der Waals surface area (Å²) in [7, 11) is 0. The molecule has 18 heavy (non-hydrogen) atoms. The highest BCUT2D eigenvalue weighted by atomic mass is 16.8. The van der Waals surface area contributed by atoms with Crippen molar-refractivity contribution in [3.63, 3.8) is 0 Å². The van der Waals surface area contributed by atoms with Gasteiger partial charge in [-0.25, -0.2) is 4.79 Å². The topological polar surface area (TPSA) is 82.1 Å². The van der Waals surface area contributed by atoms with Crippen molar-refractivity contribution in [2.75, 3.05) is 6.61 Å². The summed E-state index contributed by atoms with van der Waals surface area (Å²) in [6.45, 7) is 1.80. The predicted molar refractivity (Wildman–Crippen MR) is 59.3 cm³/mol. The standard InChI is InChI=1S/C12H12O6/c1-2-16-10(13)7-12(11(14)15)17-8-5-3-4-6-9(8)18-12/h3-6H,2,7H2,1H3,(H,14,15). The average molecular weight is 252 g/mol. The van der Waals surface area contributed by atoms with Crippen molar-refractivity contribution < 1.29 is 28.9 Å². The molecule has 0 bridgehead atoms. The van der Waals surface area contributed by atoms with E-state index >= 15 is 0 Å². The minimum Gasteiger partial charge on any atom is -0.475 e. The Bertz CT molecular complexity index is 456. The number of benzene rings is 1. The lowest BCUT2D eigenvalue weighted by Gasteiger charge is -2.21. The fourth-order valence-electron chi connectivity index (χ4n) is 1.63. The van der Waals surface area contributed by atoms with Crippen LogP contribution in [0.3, 0.4) is 0 Å². The Balaban J connectivity index is 2.22. The Hall–Kier alpha value is -2.24. The lowest BCUT2D eigenvalue weighted by Crippen LogP contribution is -2.49. The molecule has 2 rings (SSSR count). The maximum Gasteiger partial charge on any atom is 0.391 e. The molecule has 0 spiro atoms. The van der Waals surface area contributed by atoms with Gasteiger partial charge in [0.15, 0.2) is 11.5 Å². The van der Waals surface area contributed by atoms with Crippen LogP contribution in [0.15, 0.2) is 24.3 Å². The van der Waals surface area contributed by atoms with Crippen LogP contribution in [0.4, 0.5) is 0 Å². The van der Waals surface area contributed by atoms with Gasteiger partial charge >= 0.3 is 17.7 Å². The van der Waals surface area contributed by atoms with Gasteiger partial charge < -0.3 is 19.3 Å². The molecule has 0 atom stereocenters. The van der Waals surface area contributed by atoms with Crippen LogP contribution in [0.1, 0.15) is 13.3 Å². The molecule has 0 saturated heterocycles. The normalized spacial score (nSPS) is 15.2. The van der Waals surface area contributed by atoms with Gasteiger partial charge in [-0.05, 0) is 19.1 Å². The third-order valence-electron chi connectivity index (χ3n) is 2.41. The minimum absolute atomic E-state index is 0.168. The molecule has 0 radical (unpaired) electrons. The lowest BCUT2D eigenvalue weighted by molar-refractivity contribution is -0.185. The van der Waals surface area contributed by atoms with Gasteiger partial charge in [-0.2, -0.15) is 0 Å². The molecule has 6 heteroatoms. The van der Waals surface area contributed by atoms with E-state index in [-0.39, 0.29) is 6.61 Å². The maximum absolute atomic E-state index is 11.4. The molecule has 0 fully saturated rings. The summed E-state index contributed by atoms with van der Waals surface area (Å²) in [6, 6.07) is 6.52. The van der Waals surface area contributed by atoms with Crippen molar-refractivity contribution in [2.24, 2.45) is 0 Å². The quantitative estimate of drug-likeness (QED) is 0.810. The van der Waals surface area contributed by atoms with Crippen LogP contribution in [-0.2, 0) is 14.3 Å². The number of carboxylic acids is 1. The zero-order chi connectivity index (χ0) is 13.2. The first-order chi connectivity index (χ1) is 8.57. The van der Waals surface area contributed by atoms with Crippen molar-refractivity contribution in [3.8, 4) is 11.5 Å². The molecule has 1 aliphatic heterocycles. The summed E-state index contributed by atoms with van der Waals surface area (Å²) in [6.07, 6.45) is -0.509. The van der Waals surface area contributed by atoms with Gasteiger partial charge in [-0.15, -0.1) is 0 Å². The summed E-state index contributed by atoms with van der Waals surface area (Å²) >= 11 is 0. The summed E-state index contributed by atoms with van der Waals surface area (Å²) in [5.74, 6) is -3.50. The first-order valence-corrected chi connectivity index (χ1v) is 5.43. The molecular formula is C12H12O6. The fraction of sp³-hybridized carbons (Fsp3) is 0.333. The number of carboxylic acid groups (broad SMARTS) is 1. The number of esters is 1. The van der Waals surface area contributed by atoms with Crippen LogP contribution >= 0.6 is 0 Å². The Kier molecular flexibility index (Phi) is 3.10. The smallest absolute Gasteiger partial charge is 0.391 e. The van der Waals surface area contributed by atoms with Crippen LogP contribution < -0.4 is 9.47 Å². The van der Waals surface area contributed by atoms with Crippen LogP contribution in [0.25, 0.3) is 0 Å². The fourth-order valence-corrected chi connectivity index (χ4v) is 1.63. The zero-order valence-corrected chi connectivity index (χ0v) is 9.71. The number of carbonyl (C=O) groups excluding carboxylic acids is 1. The van der Waals surface area contributed by atoms with Crippen molar-refractivity contribution in [3.05, 3.63) is 24.3 Å². The molecule has 0 saturated carbocycles. The van der Waals surface area contributed by atoms with Crippen molar-refractivity contribution >= 4 is 11.9 Å². The minimum atomic E-state index is -2.03. The highest BCUT2D eigenvalue weighted by Gasteiger charge is 2.51. The van der Waals surface area contributed by atoms with Gasteiger partial charge in [0.1, 0.15) is 6.42 Å². The first kappa shape index (κ1) is 12.2. The predicted octanol–water partition coefficient (Wildman–Crippen LogP) is 1.19. The highest BCUT2D eigenvalue weighted by molar-refractivity contribution is 5.85. The summed E-state index contributed by atoms with van der Waals surface area (Å²) in [5.41, 5.74) is 0. The Labute approximate surface area is 103 Å². The molecule has 0 unspecified atom stereocenters. The Morgan fingerprint density at radius 3 is 2.28 bits per heavy atom. The van der Waals surface area contributed by atoms with Crippen LogP contribution in [0.5, 0.6) is 11.5 Å². The van der Waals surface area contributed by atoms with Gasteiger partial charge in [-0.1, -0.05) is 12.1 Å². The Morgan fingerprint density at radius 1 is 1.28 bits per heavy atom. The van der Waals surface area contributed by atoms with E-state index in [1.807, 2.05) is 0 Å². The van der Waals surface area contributed by atoms with Gasteiger partial charge in [-0.3, -0.25) is 4.79 Å². The number of hydrogen-bond acceptors (Lipinski definition) is 5. The monoisotopic (exact) mass is 252 g/mol.